The quantitative estimate of drug-likeness (QED) is 0.669. The molecule has 3 rings (SSSR count). The van der Waals surface area contributed by atoms with Crippen LogP contribution >= 0.6 is 11.6 Å². The Kier molecular flexibility index (Phi) is 2.43. The third-order valence-electron chi connectivity index (χ3n) is 2.56. The van der Waals surface area contributed by atoms with Gasteiger partial charge in [0, 0.05) is 12.4 Å². The summed E-state index contributed by atoms with van der Waals surface area (Å²) < 4.78 is 1.80. The van der Waals surface area contributed by atoms with Crippen molar-refractivity contribution in [3.05, 3.63) is 47.6 Å². The number of halogens is 1. The van der Waals surface area contributed by atoms with Gasteiger partial charge in [0.2, 0.25) is 0 Å². The molecule has 0 spiro atoms. The van der Waals surface area contributed by atoms with E-state index in [-0.39, 0.29) is 0 Å². The second kappa shape index (κ2) is 4.09. The Morgan fingerprint density at radius 3 is 3.00 bits per heavy atom. The molecule has 18 heavy (non-hydrogen) atoms. The largest absolute Gasteiger partial charge is 0.297 e. The monoisotopic (exact) mass is 255 g/mol. The maximum absolute atomic E-state index is 9.06. The molecule has 0 fully saturated rings. The van der Waals surface area contributed by atoms with E-state index in [2.05, 4.69) is 21.0 Å². The van der Waals surface area contributed by atoms with Crippen LogP contribution in [0.1, 0.15) is 5.56 Å². The predicted molar refractivity (Wildman–Crippen MR) is 65.9 cm³/mol. The van der Waals surface area contributed by atoms with Gasteiger partial charge in [-0.1, -0.05) is 11.6 Å². The van der Waals surface area contributed by atoms with Crippen LogP contribution in [-0.2, 0) is 0 Å². The van der Waals surface area contributed by atoms with Crippen LogP contribution < -0.4 is 0 Å². The first-order valence-corrected chi connectivity index (χ1v) is 5.51. The lowest BCUT2D eigenvalue weighted by Gasteiger charge is -2.02. The Bertz CT molecular complexity index is 771. The van der Waals surface area contributed by atoms with Crippen LogP contribution in [0.3, 0.4) is 0 Å². The van der Waals surface area contributed by atoms with Gasteiger partial charge in [0.05, 0.1) is 22.5 Å². The summed E-state index contributed by atoms with van der Waals surface area (Å²) in [4.78, 5) is 12.2. The summed E-state index contributed by atoms with van der Waals surface area (Å²) in [7, 11) is 0. The number of nitriles is 1. The molecule has 0 amide bonds. The molecule has 0 saturated carbocycles. The summed E-state index contributed by atoms with van der Waals surface area (Å²) in [6.07, 6.45) is 6.35. The van der Waals surface area contributed by atoms with Crippen molar-refractivity contribution >= 4 is 17.2 Å². The molecule has 0 unspecified atom stereocenters. The van der Waals surface area contributed by atoms with Crippen LogP contribution in [0.4, 0.5) is 0 Å². The van der Waals surface area contributed by atoms with E-state index in [1.54, 1.807) is 16.7 Å². The van der Waals surface area contributed by atoms with Crippen molar-refractivity contribution < 1.29 is 0 Å². The topological polar surface area (TPSA) is 66.9 Å². The van der Waals surface area contributed by atoms with Crippen LogP contribution in [-0.4, -0.2) is 19.4 Å². The number of hydrogen-bond donors (Lipinski definition) is 0. The highest BCUT2D eigenvalue weighted by Crippen LogP contribution is 2.24. The van der Waals surface area contributed by atoms with Gasteiger partial charge < -0.3 is 0 Å². The lowest BCUT2D eigenvalue weighted by molar-refractivity contribution is 1.11. The lowest BCUT2D eigenvalue weighted by atomic mass is 10.2. The zero-order valence-electron chi connectivity index (χ0n) is 9.08. The van der Waals surface area contributed by atoms with Crippen molar-refractivity contribution in [2.24, 2.45) is 0 Å². The maximum atomic E-state index is 9.06. The van der Waals surface area contributed by atoms with Crippen molar-refractivity contribution in [1.82, 2.24) is 19.4 Å². The standard InChI is InChI=1S/C12H6ClN5/c13-9-2-1-3-18-10(6-16-12(9)18)11-8(4-14)5-15-7-17-11/h1-3,5-7H. The number of pyridine rings is 1. The second-order valence-electron chi connectivity index (χ2n) is 3.59. The molecular formula is C12H6ClN5. The number of fused-ring (bicyclic) bond motifs is 1. The predicted octanol–water partition coefficient (Wildman–Crippen LogP) is 2.32. The molecule has 0 saturated heterocycles. The van der Waals surface area contributed by atoms with Gasteiger partial charge in [0.15, 0.2) is 5.65 Å². The van der Waals surface area contributed by atoms with E-state index < -0.39 is 0 Å². The van der Waals surface area contributed by atoms with Gasteiger partial charge in [-0.3, -0.25) is 4.40 Å². The molecule has 86 valence electrons. The molecule has 5 nitrogen and oxygen atoms in total. The van der Waals surface area contributed by atoms with Crippen LogP contribution in [0.15, 0.2) is 37.1 Å². The van der Waals surface area contributed by atoms with Gasteiger partial charge in [-0.2, -0.15) is 5.26 Å². The van der Waals surface area contributed by atoms with E-state index in [0.717, 1.165) is 0 Å². The molecule has 0 bridgehead atoms. The van der Waals surface area contributed by atoms with E-state index in [9.17, 15) is 0 Å². The van der Waals surface area contributed by atoms with E-state index >= 15 is 0 Å². The molecule has 0 aromatic carbocycles. The highest BCUT2D eigenvalue weighted by molar-refractivity contribution is 6.33. The zero-order chi connectivity index (χ0) is 12.5. The molecule has 0 N–H and O–H groups in total. The van der Waals surface area contributed by atoms with Crippen molar-refractivity contribution in [1.29, 1.82) is 5.26 Å². The summed E-state index contributed by atoms with van der Waals surface area (Å²) >= 11 is 6.05. The highest BCUT2D eigenvalue weighted by atomic mass is 35.5. The number of nitrogens with zero attached hydrogens (tertiary/aromatic N) is 5. The number of hydrogen-bond acceptors (Lipinski definition) is 4. The van der Waals surface area contributed by atoms with Gasteiger partial charge in [0.1, 0.15) is 18.1 Å². The molecular weight excluding hydrogens is 250 g/mol. The molecule has 3 aromatic heterocycles. The van der Waals surface area contributed by atoms with Gasteiger partial charge in [-0.05, 0) is 12.1 Å². The third kappa shape index (κ3) is 1.51. The van der Waals surface area contributed by atoms with Crippen molar-refractivity contribution in [3.63, 3.8) is 0 Å². The molecule has 0 atom stereocenters. The van der Waals surface area contributed by atoms with Crippen LogP contribution in [0.5, 0.6) is 0 Å². The van der Waals surface area contributed by atoms with E-state index in [0.29, 0.717) is 27.6 Å². The Morgan fingerprint density at radius 1 is 1.28 bits per heavy atom. The SMILES string of the molecule is N#Cc1cncnc1-c1cnc2c(Cl)cccn12. The average molecular weight is 256 g/mol. The van der Waals surface area contributed by atoms with Crippen LogP contribution in [0.2, 0.25) is 5.02 Å². The van der Waals surface area contributed by atoms with Crippen molar-refractivity contribution in [2.45, 2.75) is 0 Å². The van der Waals surface area contributed by atoms with Crippen molar-refractivity contribution in [2.75, 3.05) is 0 Å². The van der Waals surface area contributed by atoms with Gasteiger partial charge >= 0.3 is 0 Å². The number of rotatable bonds is 1. The minimum absolute atomic E-state index is 0.402. The average Bonchev–Trinajstić information content (AvgIpc) is 2.84. The lowest BCUT2D eigenvalue weighted by Crippen LogP contribution is -1.94. The van der Waals surface area contributed by atoms with E-state index in [1.165, 1.54) is 12.5 Å². The minimum atomic E-state index is 0.402. The van der Waals surface area contributed by atoms with E-state index in [4.69, 9.17) is 16.9 Å². The molecule has 3 aromatic rings. The fourth-order valence-electron chi connectivity index (χ4n) is 1.77. The van der Waals surface area contributed by atoms with Gasteiger partial charge in [-0.15, -0.1) is 0 Å². The molecule has 6 heteroatoms. The summed E-state index contributed by atoms with van der Waals surface area (Å²) in [5, 5.41) is 9.61. The smallest absolute Gasteiger partial charge is 0.156 e. The highest BCUT2D eigenvalue weighted by Gasteiger charge is 2.12. The first-order chi connectivity index (χ1) is 8.81. The minimum Gasteiger partial charge on any atom is -0.297 e. The van der Waals surface area contributed by atoms with E-state index in [1.807, 2.05) is 12.3 Å². The fraction of sp³-hybridized carbons (Fsp3) is 0. The van der Waals surface area contributed by atoms with Gasteiger partial charge in [-0.25, -0.2) is 15.0 Å². The van der Waals surface area contributed by atoms with Crippen molar-refractivity contribution in [3.8, 4) is 17.5 Å². The first kappa shape index (κ1) is 10.7. The normalized spacial score (nSPS) is 10.4. The summed E-state index contributed by atoms with van der Waals surface area (Å²) in [5.41, 5.74) is 2.30. The molecule has 0 aliphatic carbocycles. The Hall–Kier alpha value is -2.45. The van der Waals surface area contributed by atoms with Crippen LogP contribution in [0.25, 0.3) is 17.0 Å². The Morgan fingerprint density at radius 2 is 2.17 bits per heavy atom. The summed E-state index contributed by atoms with van der Waals surface area (Å²) in [5.74, 6) is 0. The van der Waals surface area contributed by atoms with Crippen LogP contribution in [0, 0.1) is 11.3 Å². The first-order valence-electron chi connectivity index (χ1n) is 5.13. The molecule has 3 heterocycles. The summed E-state index contributed by atoms with van der Waals surface area (Å²) in [6, 6.07) is 5.64. The molecule has 0 aliphatic rings. The Balaban J connectivity index is 2.34. The van der Waals surface area contributed by atoms with Gasteiger partial charge in [0.25, 0.3) is 0 Å². The summed E-state index contributed by atoms with van der Waals surface area (Å²) in [6.45, 7) is 0. The zero-order valence-corrected chi connectivity index (χ0v) is 9.83. The molecule has 0 aliphatic heterocycles. The second-order valence-corrected chi connectivity index (χ2v) is 4.00. The maximum Gasteiger partial charge on any atom is 0.156 e. The number of aromatic nitrogens is 4. The molecule has 0 radical (unpaired) electrons. The number of imidazole rings is 1. The third-order valence-corrected chi connectivity index (χ3v) is 2.86. The fourth-order valence-corrected chi connectivity index (χ4v) is 1.98. The Labute approximate surface area is 107 Å².